The van der Waals surface area contributed by atoms with E-state index in [0.29, 0.717) is 24.6 Å². The van der Waals surface area contributed by atoms with Crippen molar-refractivity contribution in [1.29, 1.82) is 0 Å². The molecule has 3 N–H and O–H groups in total. The van der Waals surface area contributed by atoms with E-state index in [2.05, 4.69) is 19.2 Å². The average Bonchev–Trinajstić information content (AvgIpc) is 2.62. The molecule has 0 spiro atoms. The zero-order chi connectivity index (χ0) is 19.1. The van der Waals surface area contributed by atoms with Crippen molar-refractivity contribution in [2.45, 2.75) is 39.9 Å². The van der Waals surface area contributed by atoms with Gasteiger partial charge in [0.1, 0.15) is 5.75 Å². The van der Waals surface area contributed by atoms with Gasteiger partial charge in [0.05, 0.1) is 5.69 Å². The lowest BCUT2D eigenvalue weighted by atomic mass is 9.78. The number of aliphatic hydroxyl groups excluding tert-OH is 1. The number of hydrogen-bond acceptors (Lipinski definition) is 5. The Bertz CT molecular complexity index is 628. The number of para-hydroxylation sites is 2. The quantitative estimate of drug-likeness (QED) is 0.617. The predicted molar refractivity (Wildman–Crippen MR) is 99.5 cm³/mol. The van der Waals surface area contributed by atoms with Crippen molar-refractivity contribution in [2.75, 3.05) is 18.5 Å². The van der Waals surface area contributed by atoms with Crippen molar-refractivity contribution in [2.24, 2.45) is 17.8 Å². The molecule has 0 saturated heterocycles. The van der Waals surface area contributed by atoms with Gasteiger partial charge in [-0.25, -0.2) is 0 Å². The fourth-order valence-electron chi connectivity index (χ4n) is 3.29. The number of hydrogen-bond donors (Lipinski definition) is 3. The van der Waals surface area contributed by atoms with Crippen LogP contribution in [0.5, 0.6) is 5.75 Å². The van der Waals surface area contributed by atoms with Gasteiger partial charge >= 0.3 is 0 Å². The second-order valence-corrected chi connectivity index (χ2v) is 6.79. The molecular weight excluding hydrogens is 334 g/mol. The van der Waals surface area contributed by atoms with E-state index in [-0.39, 0.29) is 30.0 Å². The third-order valence-corrected chi connectivity index (χ3v) is 4.60. The Morgan fingerprint density at radius 2 is 2.08 bits per heavy atom. The number of phenolic OH excluding ortho intramolecular Hbond substituents is 1. The van der Waals surface area contributed by atoms with Crippen LogP contribution in [0, 0.1) is 17.8 Å². The summed E-state index contributed by atoms with van der Waals surface area (Å²) in [6.45, 7) is 6.67. The van der Waals surface area contributed by atoms with Gasteiger partial charge in [0.25, 0.3) is 5.91 Å². The lowest BCUT2D eigenvalue weighted by molar-refractivity contribution is -0.173. The second-order valence-electron chi connectivity index (χ2n) is 6.79. The number of allylic oxidation sites excluding steroid dienone is 1. The Morgan fingerprint density at radius 1 is 1.35 bits per heavy atom. The lowest BCUT2D eigenvalue weighted by Gasteiger charge is -2.38. The predicted octanol–water partition coefficient (Wildman–Crippen LogP) is 3.27. The van der Waals surface area contributed by atoms with Gasteiger partial charge in [-0.1, -0.05) is 26.0 Å². The van der Waals surface area contributed by atoms with Gasteiger partial charge in [-0.05, 0) is 49.8 Å². The van der Waals surface area contributed by atoms with E-state index in [4.69, 9.17) is 9.47 Å². The molecule has 1 aliphatic rings. The molecule has 0 unspecified atom stereocenters. The van der Waals surface area contributed by atoms with E-state index < -0.39 is 12.2 Å². The topological polar surface area (TPSA) is 88.0 Å². The van der Waals surface area contributed by atoms with E-state index in [1.165, 1.54) is 6.07 Å². The monoisotopic (exact) mass is 363 g/mol. The van der Waals surface area contributed by atoms with E-state index in [9.17, 15) is 15.0 Å². The summed E-state index contributed by atoms with van der Waals surface area (Å²) >= 11 is 0. The summed E-state index contributed by atoms with van der Waals surface area (Å²) in [6, 6.07) is 6.56. The second kappa shape index (κ2) is 9.59. The highest BCUT2D eigenvalue weighted by Crippen LogP contribution is 2.37. The van der Waals surface area contributed by atoms with Crippen LogP contribution in [0.25, 0.3) is 0 Å². The number of phenols is 1. The number of carbonyl (C=O) groups is 1. The van der Waals surface area contributed by atoms with Crippen molar-refractivity contribution in [3.63, 3.8) is 0 Å². The van der Waals surface area contributed by atoms with E-state index >= 15 is 0 Å². The van der Waals surface area contributed by atoms with Gasteiger partial charge in [-0.3, -0.25) is 4.79 Å². The maximum absolute atomic E-state index is 12.6. The highest BCUT2D eigenvalue weighted by Gasteiger charge is 2.38. The molecule has 1 amide bonds. The van der Waals surface area contributed by atoms with Gasteiger partial charge in [0, 0.05) is 19.1 Å². The van der Waals surface area contributed by atoms with Crippen LogP contribution >= 0.6 is 0 Å². The minimum absolute atomic E-state index is 0.000139. The molecule has 0 fully saturated rings. The van der Waals surface area contributed by atoms with Gasteiger partial charge in [0.15, 0.2) is 5.76 Å². The van der Waals surface area contributed by atoms with Crippen LogP contribution in [0.15, 0.2) is 36.1 Å². The van der Waals surface area contributed by atoms with Crippen LogP contribution in [0.3, 0.4) is 0 Å². The van der Waals surface area contributed by atoms with Crippen molar-refractivity contribution >= 4 is 11.6 Å². The van der Waals surface area contributed by atoms with Crippen LogP contribution in [0.4, 0.5) is 5.69 Å². The number of aromatic hydroxyl groups is 1. The molecule has 1 aliphatic heterocycles. The van der Waals surface area contributed by atoms with Crippen LogP contribution in [0.1, 0.15) is 33.6 Å². The molecule has 1 heterocycles. The molecule has 0 aliphatic carbocycles. The molecule has 0 bridgehead atoms. The number of rotatable bonds is 8. The zero-order valence-electron chi connectivity index (χ0n) is 15.6. The Labute approximate surface area is 154 Å². The Kier molecular flexibility index (Phi) is 7.48. The third-order valence-electron chi connectivity index (χ3n) is 4.60. The smallest absolute Gasteiger partial charge is 0.290 e. The Hall–Kier alpha value is -2.05. The summed E-state index contributed by atoms with van der Waals surface area (Å²) in [5, 5.41) is 21.7. The summed E-state index contributed by atoms with van der Waals surface area (Å²) in [4.78, 5) is 12.6. The lowest BCUT2D eigenvalue weighted by Crippen LogP contribution is -2.40. The minimum Gasteiger partial charge on any atom is -0.506 e. The van der Waals surface area contributed by atoms with Gasteiger partial charge < -0.3 is 25.0 Å². The van der Waals surface area contributed by atoms with Crippen LogP contribution in [0.2, 0.25) is 0 Å². The van der Waals surface area contributed by atoms with E-state index in [1.54, 1.807) is 18.2 Å². The summed E-state index contributed by atoms with van der Waals surface area (Å²) in [5.41, 5.74) is 0.332. The number of carbonyl (C=O) groups excluding carboxylic acids is 1. The third kappa shape index (κ3) is 4.99. The molecule has 26 heavy (non-hydrogen) atoms. The molecule has 1 aromatic rings. The molecule has 0 radical (unpaired) electrons. The first-order chi connectivity index (χ1) is 12.5. The summed E-state index contributed by atoms with van der Waals surface area (Å²) in [7, 11) is 0. The van der Waals surface area contributed by atoms with Crippen molar-refractivity contribution < 1.29 is 24.5 Å². The standard InChI is InChI=1S/C20H29NO5/c1-4-25-20-14(8-7-11-22)15(13(2)3)12-18(26-20)19(24)21-16-9-5-6-10-17(16)23/h5-6,9-10,12-15,20,22-23H,4,7-8,11H2,1-3H3,(H,21,24)/t14-,15+,20+/m0/s1. The Balaban J connectivity index is 2.23. The first kappa shape index (κ1) is 20.3. The SMILES string of the molecule is CCO[C@@H]1OC(C(=O)Nc2ccccc2O)=C[C@H](C(C)C)[C@@H]1CCCO. The van der Waals surface area contributed by atoms with Gasteiger partial charge in [-0.2, -0.15) is 0 Å². The fraction of sp³-hybridized carbons (Fsp3) is 0.550. The largest absolute Gasteiger partial charge is 0.506 e. The van der Waals surface area contributed by atoms with E-state index in [0.717, 1.165) is 6.42 Å². The number of ether oxygens (including phenoxy) is 2. The van der Waals surface area contributed by atoms with Crippen molar-refractivity contribution in [3.05, 3.63) is 36.1 Å². The number of anilines is 1. The van der Waals surface area contributed by atoms with Crippen LogP contribution in [-0.2, 0) is 14.3 Å². The summed E-state index contributed by atoms with van der Waals surface area (Å²) in [6.07, 6.45) is 2.73. The number of nitrogens with one attached hydrogen (secondary N) is 1. The first-order valence-electron chi connectivity index (χ1n) is 9.18. The normalized spacial score (nSPS) is 22.7. The summed E-state index contributed by atoms with van der Waals surface area (Å²) in [5.74, 6) is 0.243. The van der Waals surface area contributed by atoms with E-state index in [1.807, 2.05) is 13.0 Å². The number of benzene rings is 1. The zero-order valence-corrected chi connectivity index (χ0v) is 15.6. The molecule has 0 aromatic heterocycles. The fourth-order valence-corrected chi connectivity index (χ4v) is 3.29. The Morgan fingerprint density at radius 3 is 2.69 bits per heavy atom. The van der Waals surface area contributed by atoms with Crippen molar-refractivity contribution in [3.8, 4) is 5.75 Å². The average molecular weight is 363 g/mol. The highest BCUT2D eigenvalue weighted by molar-refractivity contribution is 6.03. The molecule has 6 nitrogen and oxygen atoms in total. The molecule has 144 valence electrons. The van der Waals surface area contributed by atoms with Crippen LogP contribution < -0.4 is 5.32 Å². The summed E-state index contributed by atoms with van der Waals surface area (Å²) < 4.78 is 11.6. The molecule has 6 heteroatoms. The molecule has 3 atom stereocenters. The van der Waals surface area contributed by atoms with Gasteiger partial charge in [0.2, 0.25) is 6.29 Å². The molecule has 2 rings (SSSR count). The van der Waals surface area contributed by atoms with Gasteiger partial charge in [-0.15, -0.1) is 0 Å². The number of aliphatic hydroxyl groups is 1. The molecule has 1 aromatic carbocycles. The minimum atomic E-state index is -0.533. The molecule has 0 saturated carbocycles. The number of amides is 1. The maximum Gasteiger partial charge on any atom is 0.290 e. The molecular formula is C20H29NO5. The van der Waals surface area contributed by atoms with Crippen molar-refractivity contribution in [1.82, 2.24) is 0 Å². The maximum atomic E-state index is 12.6. The highest BCUT2D eigenvalue weighted by atomic mass is 16.7. The first-order valence-corrected chi connectivity index (χ1v) is 9.18. The van der Waals surface area contributed by atoms with Crippen LogP contribution in [-0.4, -0.2) is 35.6 Å².